The maximum Gasteiger partial charge on any atom is 0.255 e. The third kappa shape index (κ3) is 6.79. The molecule has 7 heteroatoms. The van der Waals surface area contributed by atoms with E-state index in [1.807, 2.05) is 0 Å². The van der Waals surface area contributed by atoms with Crippen molar-refractivity contribution in [1.82, 2.24) is 5.32 Å². The summed E-state index contributed by atoms with van der Waals surface area (Å²) in [5.41, 5.74) is 6.49. The summed E-state index contributed by atoms with van der Waals surface area (Å²) in [5, 5.41) is 3.22. The molecule has 0 radical (unpaired) electrons. The number of carbonyl (C=O) groups excluding carboxylic acids is 1. The number of anilines is 1. The molecule has 1 aromatic rings. The zero-order valence-electron chi connectivity index (χ0n) is 14.6. The van der Waals surface area contributed by atoms with Crippen LogP contribution in [0.5, 0.6) is 5.75 Å². The fourth-order valence-corrected chi connectivity index (χ4v) is 2.80. The minimum absolute atomic E-state index is 0.240. The Morgan fingerprint density at radius 3 is 2.67 bits per heavy atom. The van der Waals surface area contributed by atoms with Gasteiger partial charge in [-0.2, -0.15) is 0 Å². The Kier molecular flexibility index (Phi) is 9.33. The Bertz CT molecular complexity index is 537. The van der Waals surface area contributed by atoms with Gasteiger partial charge in [-0.25, -0.2) is 0 Å². The zero-order chi connectivity index (χ0) is 18.1. The molecule has 0 aromatic heterocycles. The van der Waals surface area contributed by atoms with Gasteiger partial charge in [0.2, 0.25) is 0 Å². The summed E-state index contributed by atoms with van der Waals surface area (Å²) in [6.07, 6.45) is 4.74. The van der Waals surface area contributed by atoms with E-state index in [0.717, 1.165) is 19.3 Å². The minimum atomic E-state index is -0.962. The van der Waals surface area contributed by atoms with Crippen molar-refractivity contribution in [3.63, 3.8) is 0 Å². The highest BCUT2D eigenvalue weighted by atomic mass is 35.5. The molecule has 24 heavy (non-hydrogen) atoms. The Labute approximate surface area is 152 Å². The topological polar surface area (TPSA) is 87.4 Å². The predicted molar refractivity (Wildman–Crippen MR) is 101 cm³/mol. The van der Waals surface area contributed by atoms with Crippen LogP contribution in [0.25, 0.3) is 0 Å². The van der Waals surface area contributed by atoms with E-state index < -0.39 is 11.2 Å². The van der Waals surface area contributed by atoms with E-state index >= 15 is 0 Å². The molecule has 1 amide bonds. The molecule has 1 atom stereocenters. The summed E-state index contributed by atoms with van der Waals surface area (Å²) in [4.78, 5) is 12.4. The van der Waals surface area contributed by atoms with Crippen molar-refractivity contribution in [2.75, 3.05) is 30.9 Å². The number of halogens is 1. The maximum atomic E-state index is 12.4. The molecule has 0 heterocycles. The van der Waals surface area contributed by atoms with Crippen LogP contribution in [0.3, 0.4) is 0 Å². The van der Waals surface area contributed by atoms with Gasteiger partial charge in [0, 0.05) is 12.6 Å². The van der Waals surface area contributed by atoms with Gasteiger partial charge < -0.3 is 20.3 Å². The molecule has 1 unspecified atom stereocenters. The number of hydrogen-bond acceptors (Lipinski definition) is 4. The number of nitrogen functional groups attached to an aromatic ring is 1. The molecule has 0 aliphatic heterocycles. The summed E-state index contributed by atoms with van der Waals surface area (Å²) >= 11 is 5.07. The van der Waals surface area contributed by atoms with Crippen LogP contribution in [0.1, 0.15) is 43.5 Å². The summed E-state index contributed by atoms with van der Waals surface area (Å²) in [6, 6.07) is 3.05. The highest BCUT2D eigenvalue weighted by Crippen LogP contribution is 2.29. The quantitative estimate of drug-likeness (QED) is 0.486. The number of ether oxygens (including phenoxy) is 1. The van der Waals surface area contributed by atoms with Crippen LogP contribution in [0.4, 0.5) is 5.69 Å². The fraction of sp³-hybridized carbons (Fsp3) is 0.588. The molecule has 0 spiro atoms. The number of carbonyl (C=O) groups is 1. The lowest BCUT2D eigenvalue weighted by Gasteiger charge is -2.15. The molecule has 0 saturated carbocycles. The van der Waals surface area contributed by atoms with E-state index in [2.05, 4.69) is 19.2 Å². The predicted octanol–water partition coefficient (Wildman–Crippen LogP) is 3.24. The molecule has 0 bridgehead atoms. The molecule has 0 aliphatic carbocycles. The van der Waals surface area contributed by atoms with Crippen LogP contribution in [-0.4, -0.2) is 35.6 Å². The second-order valence-electron chi connectivity index (χ2n) is 5.72. The van der Waals surface area contributed by atoms with Crippen molar-refractivity contribution < 1.29 is 14.1 Å². The van der Waals surface area contributed by atoms with Gasteiger partial charge >= 0.3 is 0 Å². The van der Waals surface area contributed by atoms with Crippen LogP contribution >= 0.6 is 11.6 Å². The van der Waals surface area contributed by atoms with Crippen LogP contribution < -0.4 is 15.8 Å². The molecule has 0 fully saturated rings. The molecular weight excluding hydrogens is 348 g/mol. The van der Waals surface area contributed by atoms with Crippen LogP contribution in [-0.2, 0) is 11.2 Å². The molecule has 0 aliphatic rings. The SMILES string of the molecule is CCC(CC)CCNC(=O)c1cc(Cl)c(N)cc1OCC[S+](C)[O-]. The van der Waals surface area contributed by atoms with Gasteiger partial charge in [-0.05, 0) is 18.4 Å². The zero-order valence-corrected chi connectivity index (χ0v) is 16.1. The van der Waals surface area contributed by atoms with Crippen LogP contribution in [0.2, 0.25) is 5.02 Å². The van der Waals surface area contributed by atoms with Gasteiger partial charge in [0.25, 0.3) is 5.91 Å². The van der Waals surface area contributed by atoms with Gasteiger partial charge in [0.15, 0.2) is 0 Å². The van der Waals surface area contributed by atoms with Crippen LogP contribution in [0, 0.1) is 5.92 Å². The molecule has 3 N–H and O–H groups in total. The second-order valence-corrected chi connectivity index (χ2v) is 7.68. The van der Waals surface area contributed by atoms with E-state index in [-0.39, 0.29) is 12.5 Å². The molecule has 0 saturated heterocycles. The van der Waals surface area contributed by atoms with E-state index in [1.165, 1.54) is 12.1 Å². The Morgan fingerprint density at radius 1 is 1.42 bits per heavy atom. The van der Waals surface area contributed by atoms with Gasteiger partial charge in [-0.1, -0.05) is 49.5 Å². The third-order valence-corrected chi connectivity index (χ3v) is 5.03. The first-order valence-corrected chi connectivity index (χ1v) is 10.3. The van der Waals surface area contributed by atoms with E-state index in [0.29, 0.717) is 40.2 Å². The van der Waals surface area contributed by atoms with Crippen molar-refractivity contribution >= 4 is 34.4 Å². The minimum Gasteiger partial charge on any atom is -0.616 e. The Balaban J connectivity index is 2.76. The standard InChI is InChI=1S/C17H27ClN2O3S/c1-4-12(5-2)6-7-20-17(21)13-10-14(18)15(19)11-16(13)23-8-9-24(3)22/h10-12H,4-9,19H2,1-3H3,(H,20,21). The maximum absolute atomic E-state index is 12.4. The number of hydrogen-bond donors (Lipinski definition) is 2. The van der Waals surface area contributed by atoms with Crippen molar-refractivity contribution in [1.29, 1.82) is 0 Å². The van der Waals surface area contributed by atoms with E-state index in [1.54, 1.807) is 6.26 Å². The van der Waals surface area contributed by atoms with Crippen LogP contribution in [0.15, 0.2) is 12.1 Å². The van der Waals surface area contributed by atoms with Gasteiger partial charge in [-0.3, -0.25) is 4.79 Å². The highest BCUT2D eigenvalue weighted by molar-refractivity contribution is 7.90. The molecule has 1 rings (SSSR count). The van der Waals surface area contributed by atoms with Gasteiger partial charge in [0.05, 0.1) is 22.5 Å². The van der Waals surface area contributed by atoms with E-state index in [4.69, 9.17) is 22.1 Å². The van der Waals surface area contributed by atoms with Crippen molar-refractivity contribution in [3.8, 4) is 5.75 Å². The normalized spacial score (nSPS) is 12.2. The summed E-state index contributed by atoms with van der Waals surface area (Å²) in [7, 11) is 0. The largest absolute Gasteiger partial charge is 0.616 e. The summed E-state index contributed by atoms with van der Waals surface area (Å²) in [6.45, 7) is 5.16. The summed E-state index contributed by atoms with van der Waals surface area (Å²) in [5.74, 6) is 1.12. The first-order chi connectivity index (χ1) is 11.4. The number of rotatable bonds is 10. The highest BCUT2D eigenvalue weighted by Gasteiger charge is 2.16. The average Bonchev–Trinajstić information content (AvgIpc) is 2.54. The number of nitrogens with one attached hydrogen (secondary N) is 1. The molecule has 1 aromatic carbocycles. The molecule has 5 nitrogen and oxygen atoms in total. The molecular formula is C17H27ClN2O3S. The van der Waals surface area contributed by atoms with E-state index in [9.17, 15) is 9.35 Å². The third-order valence-electron chi connectivity index (χ3n) is 3.96. The van der Waals surface area contributed by atoms with Gasteiger partial charge in [0.1, 0.15) is 18.1 Å². The van der Waals surface area contributed by atoms with Gasteiger partial charge in [-0.15, -0.1) is 0 Å². The number of benzene rings is 1. The second kappa shape index (κ2) is 10.7. The lowest BCUT2D eigenvalue weighted by atomic mass is 9.99. The first-order valence-electron chi connectivity index (χ1n) is 8.19. The van der Waals surface area contributed by atoms with Crippen molar-refractivity contribution in [2.45, 2.75) is 33.1 Å². The lowest BCUT2D eigenvalue weighted by molar-refractivity contribution is 0.0947. The van der Waals surface area contributed by atoms with Crippen molar-refractivity contribution in [3.05, 3.63) is 22.7 Å². The molecule has 136 valence electrons. The number of nitrogens with two attached hydrogens (primary N) is 1. The smallest absolute Gasteiger partial charge is 0.255 e. The lowest BCUT2D eigenvalue weighted by Crippen LogP contribution is -2.26. The Hall–Kier alpha value is -1.11. The first kappa shape index (κ1) is 20.9. The monoisotopic (exact) mass is 374 g/mol. The number of amides is 1. The average molecular weight is 375 g/mol. The summed E-state index contributed by atoms with van der Waals surface area (Å²) < 4.78 is 16.7. The van der Waals surface area contributed by atoms with Crippen molar-refractivity contribution in [2.24, 2.45) is 5.92 Å². The Morgan fingerprint density at radius 2 is 2.08 bits per heavy atom. The fourth-order valence-electron chi connectivity index (χ4n) is 2.32.